The fraction of sp³-hybridized carbons (Fsp3) is 0.650. The minimum Gasteiger partial charge on any atom is -0.494 e. The van der Waals surface area contributed by atoms with Gasteiger partial charge in [0.2, 0.25) is 0 Å². The summed E-state index contributed by atoms with van der Waals surface area (Å²) in [6.07, 6.45) is 7.88. The van der Waals surface area contributed by atoms with Crippen molar-refractivity contribution in [3.63, 3.8) is 0 Å². The van der Waals surface area contributed by atoms with Crippen molar-refractivity contribution in [1.29, 1.82) is 0 Å². The second-order valence-electron chi connectivity index (χ2n) is 6.65. The third-order valence-corrected chi connectivity index (χ3v) is 4.53. The van der Waals surface area contributed by atoms with Crippen LogP contribution in [-0.2, 0) is 11.3 Å². The number of amides is 2. The van der Waals surface area contributed by atoms with Gasteiger partial charge < -0.3 is 19.7 Å². The molecule has 0 aliphatic heterocycles. The second kappa shape index (κ2) is 11.0. The highest BCUT2D eigenvalue weighted by Crippen LogP contribution is 2.19. The minimum absolute atomic E-state index is 0.0710. The molecule has 0 unspecified atom stereocenters. The molecule has 0 bridgehead atoms. The van der Waals surface area contributed by atoms with Crippen molar-refractivity contribution in [2.75, 3.05) is 26.8 Å². The van der Waals surface area contributed by atoms with Gasteiger partial charge in [-0.05, 0) is 37.5 Å². The lowest BCUT2D eigenvalue weighted by Gasteiger charge is -2.19. The van der Waals surface area contributed by atoms with Crippen molar-refractivity contribution < 1.29 is 14.3 Å². The van der Waals surface area contributed by atoms with Crippen LogP contribution in [0.1, 0.15) is 51.0 Å². The van der Waals surface area contributed by atoms with Crippen LogP contribution in [0.3, 0.4) is 0 Å². The number of rotatable bonds is 8. The molecule has 1 saturated carbocycles. The Morgan fingerprint density at radius 3 is 2.48 bits per heavy atom. The van der Waals surface area contributed by atoms with Gasteiger partial charge >= 0.3 is 6.03 Å². The maximum absolute atomic E-state index is 12.2. The van der Waals surface area contributed by atoms with Crippen LogP contribution in [-0.4, -0.2) is 43.8 Å². The van der Waals surface area contributed by atoms with Gasteiger partial charge in [-0.25, -0.2) is 4.79 Å². The van der Waals surface area contributed by atoms with Crippen molar-refractivity contribution in [3.05, 3.63) is 29.8 Å². The summed E-state index contributed by atoms with van der Waals surface area (Å²) >= 11 is 0. The Morgan fingerprint density at radius 1 is 1.16 bits per heavy atom. The van der Waals surface area contributed by atoms with Crippen molar-refractivity contribution in [2.24, 2.45) is 0 Å². The van der Waals surface area contributed by atoms with Gasteiger partial charge in [0.25, 0.3) is 0 Å². The van der Waals surface area contributed by atoms with E-state index < -0.39 is 0 Å². The zero-order valence-electron chi connectivity index (χ0n) is 15.6. The van der Waals surface area contributed by atoms with Gasteiger partial charge in [-0.15, -0.1) is 0 Å². The van der Waals surface area contributed by atoms with E-state index in [-0.39, 0.29) is 6.03 Å². The minimum atomic E-state index is -0.0710. The van der Waals surface area contributed by atoms with E-state index in [0.29, 0.717) is 32.4 Å². The number of carbonyl (C=O) groups excluding carboxylic acids is 1. The summed E-state index contributed by atoms with van der Waals surface area (Å²) in [5, 5.41) is 2.93. The molecule has 0 radical (unpaired) electrons. The summed E-state index contributed by atoms with van der Waals surface area (Å²) in [6, 6.07) is 7.78. The maximum Gasteiger partial charge on any atom is 0.317 e. The van der Waals surface area contributed by atoms with Gasteiger partial charge in [-0.3, -0.25) is 0 Å². The van der Waals surface area contributed by atoms with E-state index in [1.165, 1.54) is 25.7 Å². The van der Waals surface area contributed by atoms with Crippen LogP contribution in [0.4, 0.5) is 4.79 Å². The number of nitrogens with zero attached hydrogens (tertiary/aromatic N) is 1. The molecule has 0 aromatic heterocycles. The van der Waals surface area contributed by atoms with Crippen LogP contribution in [0.5, 0.6) is 5.75 Å². The first-order valence-electron chi connectivity index (χ1n) is 9.51. The molecule has 5 heteroatoms. The largest absolute Gasteiger partial charge is 0.494 e. The quantitative estimate of drug-likeness (QED) is 0.571. The predicted molar refractivity (Wildman–Crippen MR) is 99.9 cm³/mol. The van der Waals surface area contributed by atoms with E-state index >= 15 is 0 Å². The van der Waals surface area contributed by atoms with Crippen LogP contribution >= 0.6 is 0 Å². The Labute approximate surface area is 151 Å². The number of urea groups is 1. The Hall–Kier alpha value is -1.75. The normalized spacial score (nSPS) is 15.4. The lowest BCUT2D eigenvalue weighted by atomic mass is 10.1. The van der Waals surface area contributed by atoms with Crippen molar-refractivity contribution in [1.82, 2.24) is 10.2 Å². The fourth-order valence-electron chi connectivity index (χ4n) is 3.13. The number of nitrogens with one attached hydrogen (secondary N) is 1. The Morgan fingerprint density at radius 2 is 1.84 bits per heavy atom. The van der Waals surface area contributed by atoms with Gasteiger partial charge in [-0.1, -0.05) is 37.8 Å². The SMILES string of the molecule is CCOc1ccc(CN(C)C(=O)NCCOC2CCCCCC2)cc1. The highest BCUT2D eigenvalue weighted by Gasteiger charge is 2.13. The summed E-state index contributed by atoms with van der Waals surface area (Å²) in [7, 11) is 1.80. The zero-order chi connectivity index (χ0) is 17.9. The van der Waals surface area contributed by atoms with Crippen LogP contribution in [0, 0.1) is 0 Å². The van der Waals surface area contributed by atoms with Crippen LogP contribution in [0.25, 0.3) is 0 Å². The fourth-order valence-corrected chi connectivity index (χ4v) is 3.13. The molecule has 1 aromatic rings. The highest BCUT2D eigenvalue weighted by atomic mass is 16.5. The van der Waals surface area contributed by atoms with E-state index in [1.807, 2.05) is 31.2 Å². The summed E-state index contributed by atoms with van der Waals surface area (Å²) in [4.78, 5) is 13.8. The van der Waals surface area contributed by atoms with Gasteiger partial charge in [-0.2, -0.15) is 0 Å². The average Bonchev–Trinajstić information content (AvgIpc) is 2.89. The molecule has 1 aliphatic carbocycles. The van der Waals surface area contributed by atoms with Crippen LogP contribution < -0.4 is 10.1 Å². The monoisotopic (exact) mass is 348 g/mol. The van der Waals surface area contributed by atoms with Gasteiger partial charge in [0, 0.05) is 20.1 Å². The summed E-state index contributed by atoms with van der Waals surface area (Å²) < 4.78 is 11.3. The number of hydrogen-bond donors (Lipinski definition) is 1. The molecule has 2 rings (SSSR count). The molecule has 1 aliphatic rings. The molecule has 0 atom stereocenters. The number of carbonyl (C=O) groups is 1. The summed E-state index contributed by atoms with van der Waals surface area (Å²) in [6.45, 7) is 4.34. The van der Waals surface area contributed by atoms with Crippen molar-refractivity contribution in [2.45, 2.75) is 58.1 Å². The lowest BCUT2D eigenvalue weighted by Crippen LogP contribution is -2.38. The van der Waals surface area contributed by atoms with E-state index in [0.717, 1.165) is 24.2 Å². The number of benzene rings is 1. The number of ether oxygens (including phenoxy) is 2. The molecule has 5 nitrogen and oxygen atoms in total. The molecule has 1 fully saturated rings. The smallest absolute Gasteiger partial charge is 0.317 e. The van der Waals surface area contributed by atoms with Crippen molar-refractivity contribution >= 4 is 6.03 Å². The van der Waals surface area contributed by atoms with E-state index in [1.54, 1.807) is 11.9 Å². The molecule has 1 aromatic carbocycles. The maximum atomic E-state index is 12.2. The molecule has 0 spiro atoms. The van der Waals surface area contributed by atoms with Crippen molar-refractivity contribution in [3.8, 4) is 5.75 Å². The Balaban J connectivity index is 1.64. The second-order valence-corrected chi connectivity index (χ2v) is 6.65. The lowest BCUT2D eigenvalue weighted by molar-refractivity contribution is 0.0456. The highest BCUT2D eigenvalue weighted by molar-refractivity contribution is 5.73. The van der Waals surface area contributed by atoms with E-state index in [4.69, 9.17) is 9.47 Å². The molecule has 1 N–H and O–H groups in total. The first-order chi connectivity index (χ1) is 12.2. The molecule has 2 amide bonds. The van der Waals surface area contributed by atoms with Gasteiger partial charge in [0.1, 0.15) is 5.75 Å². The molecule has 0 saturated heterocycles. The van der Waals surface area contributed by atoms with Gasteiger partial charge in [0.15, 0.2) is 0 Å². The summed E-state index contributed by atoms with van der Waals surface area (Å²) in [5.41, 5.74) is 1.08. The summed E-state index contributed by atoms with van der Waals surface area (Å²) in [5.74, 6) is 0.856. The predicted octanol–water partition coefficient (Wildman–Crippen LogP) is 3.97. The first-order valence-corrected chi connectivity index (χ1v) is 9.51. The topological polar surface area (TPSA) is 50.8 Å². The van der Waals surface area contributed by atoms with E-state index in [2.05, 4.69) is 5.32 Å². The molecular weight excluding hydrogens is 316 g/mol. The Kier molecular flexibility index (Phi) is 8.60. The molecule has 25 heavy (non-hydrogen) atoms. The molecule has 0 heterocycles. The Bertz CT molecular complexity index is 496. The van der Waals surface area contributed by atoms with Gasteiger partial charge in [0.05, 0.1) is 19.3 Å². The average molecular weight is 348 g/mol. The first kappa shape index (κ1) is 19.6. The van der Waals surface area contributed by atoms with E-state index in [9.17, 15) is 4.79 Å². The molecular formula is C20H32N2O3. The number of hydrogen-bond acceptors (Lipinski definition) is 3. The van der Waals surface area contributed by atoms with Crippen LogP contribution in [0.15, 0.2) is 24.3 Å². The van der Waals surface area contributed by atoms with Crippen LogP contribution in [0.2, 0.25) is 0 Å². The molecule has 140 valence electrons. The zero-order valence-corrected chi connectivity index (χ0v) is 15.6. The standard InChI is InChI=1S/C20H32N2O3/c1-3-24-19-12-10-17(11-13-19)16-22(2)20(23)21-14-15-25-18-8-6-4-5-7-9-18/h10-13,18H,3-9,14-16H2,1-2H3,(H,21,23). The third-order valence-electron chi connectivity index (χ3n) is 4.53. The third kappa shape index (κ3) is 7.34.